The van der Waals surface area contributed by atoms with E-state index in [1.807, 2.05) is 12.1 Å². The maximum atomic E-state index is 13.6. The molecule has 1 fully saturated rings. The highest BCUT2D eigenvalue weighted by Crippen LogP contribution is 2.35. The first-order chi connectivity index (χ1) is 18.7. The lowest BCUT2D eigenvalue weighted by molar-refractivity contribution is 0.0566. The summed E-state index contributed by atoms with van der Waals surface area (Å²) in [7, 11) is 1.33. The maximum Gasteiger partial charge on any atom is 0.409 e. The van der Waals surface area contributed by atoms with Crippen LogP contribution in [0, 0.1) is 6.92 Å². The summed E-state index contributed by atoms with van der Waals surface area (Å²) in [6.45, 7) is 0.128. The number of nitrogens with zero attached hydrogens (tertiary/aromatic N) is 5. The number of methoxy groups -OCH3 is 1. The first-order valence-corrected chi connectivity index (χ1v) is 12.7. The molecule has 204 valence electrons. The van der Waals surface area contributed by atoms with Gasteiger partial charge in [0.05, 0.1) is 30.8 Å². The summed E-state index contributed by atoms with van der Waals surface area (Å²) in [6, 6.07) is 10.5. The third-order valence-electron chi connectivity index (χ3n) is 6.78. The van der Waals surface area contributed by atoms with Crippen molar-refractivity contribution in [1.29, 1.82) is 0 Å². The minimum Gasteiger partial charge on any atom is -0.490 e. The maximum absolute atomic E-state index is 13.6. The predicted molar refractivity (Wildman–Crippen MR) is 141 cm³/mol. The van der Waals surface area contributed by atoms with E-state index in [2.05, 4.69) is 10.1 Å². The van der Waals surface area contributed by atoms with E-state index in [1.165, 1.54) is 19.5 Å². The number of hydrogen-bond acceptors (Lipinski definition) is 6. The molecule has 2 aromatic carbocycles. The predicted octanol–water partition coefficient (Wildman–Crippen LogP) is 5.27. The van der Waals surface area contributed by atoms with E-state index < -0.39 is 12.6 Å². The zero-order chi connectivity index (χ0) is 27.7. The topological polar surface area (TPSA) is 91.5 Å². The zero-order valence-electron chi connectivity index (χ0n) is 21.3. The summed E-state index contributed by atoms with van der Waals surface area (Å²) in [6.07, 6.45) is 2.97. The Morgan fingerprint density at radius 3 is 2.54 bits per heavy atom. The molecule has 9 nitrogen and oxygen atoms in total. The molecule has 12 heteroatoms. The number of benzene rings is 2. The molecular formula is C27H26ClF2N5O4. The van der Waals surface area contributed by atoms with Gasteiger partial charge >= 0.3 is 12.6 Å². The molecule has 0 spiro atoms. The molecule has 0 bridgehead atoms. The summed E-state index contributed by atoms with van der Waals surface area (Å²) in [5.74, 6) is 0.856. The van der Waals surface area contributed by atoms with Gasteiger partial charge in [0.25, 0.3) is 5.56 Å². The Hall–Kier alpha value is -3.99. The number of piperidine rings is 1. The number of ether oxygens (including phenoxy) is 2. The van der Waals surface area contributed by atoms with Crippen molar-refractivity contribution < 1.29 is 23.0 Å². The van der Waals surface area contributed by atoms with E-state index in [-0.39, 0.29) is 11.7 Å². The minimum absolute atomic E-state index is 0.257. The van der Waals surface area contributed by atoms with Crippen molar-refractivity contribution in [2.45, 2.75) is 39.0 Å². The SMILES string of the molecule is COC(=O)N1CCC(Oc2cc3c(=O)n(Cc4ccc(Cl)cc4)c(C)nc3cc2-c2cnn(C(F)F)c2)CC1. The number of amides is 1. The van der Waals surface area contributed by atoms with Gasteiger partial charge < -0.3 is 14.4 Å². The van der Waals surface area contributed by atoms with E-state index in [9.17, 15) is 18.4 Å². The van der Waals surface area contributed by atoms with Gasteiger partial charge in [-0.1, -0.05) is 23.7 Å². The molecule has 0 unspecified atom stereocenters. The molecule has 0 atom stereocenters. The normalized spacial score (nSPS) is 14.3. The van der Waals surface area contributed by atoms with E-state index in [4.69, 9.17) is 21.1 Å². The number of aromatic nitrogens is 4. The van der Waals surface area contributed by atoms with E-state index in [1.54, 1.807) is 40.7 Å². The second kappa shape index (κ2) is 11.0. The van der Waals surface area contributed by atoms with Gasteiger partial charge in [-0.3, -0.25) is 9.36 Å². The number of aryl methyl sites for hydroxylation is 1. The van der Waals surface area contributed by atoms with Crippen LogP contribution in [0.15, 0.2) is 53.6 Å². The summed E-state index contributed by atoms with van der Waals surface area (Å²) >= 11 is 6.00. The van der Waals surface area contributed by atoms with Crippen molar-refractivity contribution in [2.75, 3.05) is 20.2 Å². The fourth-order valence-corrected chi connectivity index (χ4v) is 4.82. The van der Waals surface area contributed by atoms with E-state index in [0.717, 1.165) is 5.56 Å². The summed E-state index contributed by atoms with van der Waals surface area (Å²) in [4.78, 5) is 31.7. The Labute approximate surface area is 227 Å². The van der Waals surface area contributed by atoms with Gasteiger partial charge in [0, 0.05) is 48.3 Å². The Bertz CT molecular complexity index is 1560. The highest BCUT2D eigenvalue weighted by Gasteiger charge is 2.26. The minimum atomic E-state index is -2.80. The molecule has 39 heavy (non-hydrogen) atoms. The molecular weight excluding hydrogens is 532 g/mol. The van der Waals surface area contributed by atoms with Gasteiger partial charge in [-0.2, -0.15) is 13.9 Å². The summed E-state index contributed by atoms with van der Waals surface area (Å²) < 4.78 is 39.8. The number of alkyl halides is 2. The number of fused-ring (bicyclic) bond motifs is 1. The number of carbonyl (C=O) groups excluding carboxylic acids is 1. The molecule has 1 amide bonds. The van der Waals surface area contributed by atoms with Crippen molar-refractivity contribution in [3.63, 3.8) is 0 Å². The second-order valence-electron chi connectivity index (χ2n) is 9.30. The zero-order valence-corrected chi connectivity index (χ0v) is 22.1. The third kappa shape index (κ3) is 5.58. The average molecular weight is 558 g/mol. The van der Waals surface area contributed by atoms with Gasteiger partial charge in [0.15, 0.2) is 0 Å². The highest BCUT2D eigenvalue weighted by molar-refractivity contribution is 6.30. The Morgan fingerprint density at radius 1 is 1.18 bits per heavy atom. The molecule has 0 aliphatic carbocycles. The van der Waals surface area contributed by atoms with Crippen LogP contribution >= 0.6 is 11.6 Å². The molecule has 1 aliphatic rings. The van der Waals surface area contributed by atoms with E-state index >= 15 is 0 Å². The van der Waals surface area contributed by atoms with Crippen LogP contribution in [0.2, 0.25) is 5.02 Å². The summed E-state index contributed by atoms with van der Waals surface area (Å²) in [5.41, 5.74) is 1.94. The van der Waals surface area contributed by atoms with Crippen LogP contribution in [0.25, 0.3) is 22.0 Å². The molecule has 1 aliphatic heterocycles. The number of carbonyl (C=O) groups is 1. The lowest BCUT2D eigenvalue weighted by Crippen LogP contribution is -2.41. The molecule has 3 heterocycles. The quantitative estimate of drug-likeness (QED) is 0.320. The molecule has 1 saturated heterocycles. The molecule has 4 aromatic rings. The standard InChI is InChI=1S/C27H26ClF2N5O4/c1-16-32-23-11-21(18-13-31-35(15-18)26(29)30)24(39-20-7-9-33(10-8-20)27(37)38-2)12-22(23)25(36)34(16)14-17-3-5-19(28)6-4-17/h3-6,11-13,15,20,26H,7-10,14H2,1-2H3. The van der Waals surface area contributed by atoms with Gasteiger partial charge in [0.2, 0.25) is 0 Å². The fourth-order valence-electron chi connectivity index (χ4n) is 4.69. The van der Waals surface area contributed by atoms with E-state index in [0.29, 0.717) is 75.8 Å². The fraction of sp³-hybridized carbons (Fsp3) is 0.333. The Morgan fingerprint density at radius 2 is 1.90 bits per heavy atom. The Balaban J connectivity index is 1.55. The largest absolute Gasteiger partial charge is 0.490 e. The van der Waals surface area contributed by atoms with Gasteiger partial charge in [-0.25, -0.2) is 14.5 Å². The Kier molecular flexibility index (Phi) is 7.51. The summed E-state index contributed by atoms with van der Waals surface area (Å²) in [5, 5.41) is 4.69. The van der Waals surface area contributed by atoms with Gasteiger partial charge in [0.1, 0.15) is 17.7 Å². The lowest BCUT2D eigenvalue weighted by atomic mass is 10.0. The van der Waals surface area contributed by atoms with Crippen molar-refractivity contribution in [2.24, 2.45) is 0 Å². The van der Waals surface area contributed by atoms with Crippen LogP contribution in [0.1, 0.15) is 30.8 Å². The van der Waals surface area contributed by atoms with Gasteiger partial charge in [-0.05, 0) is 36.8 Å². The van der Waals surface area contributed by atoms with Crippen molar-refractivity contribution in [1.82, 2.24) is 24.2 Å². The first-order valence-electron chi connectivity index (χ1n) is 12.4. The highest BCUT2D eigenvalue weighted by atomic mass is 35.5. The number of hydrogen-bond donors (Lipinski definition) is 0. The first kappa shape index (κ1) is 26.6. The number of halogens is 3. The molecule has 2 aromatic heterocycles. The van der Waals surface area contributed by atoms with Crippen molar-refractivity contribution >= 4 is 28.6 Å². The van der Waals surface area contributed by atoms with Crippen LogP contribution in [0.4, 0.5) is 13.6 Å². The van der Waals surface area contributed by atoms with Crippen LogP contribution in [0.5, 0.6) is 5.75 Å². The van der Waals surface area contributed by atoms with Crippen molar-refractivity contribution in [3.05, 3.63) is 75.6 Å². The second-order valence-corrected chi connectivity index (χ2v) is 9.74. The molecule has 0 N–H and O–H groups in total. The molecule has 0 saturated carbocycles. The van der Waals surface area contributed by atoms with Crippen molar-refractivity contribution in [3.8, 4) is 16.9 Å². The smallest absolute Gasteiger partial charge is 0.409 e. The lowest BCUT2D eigenvalue weighted by Gasteiger charge is -2.31. The van der Waals surface area contributed by atoms with Crippen LogP contribution < -0.4 is 10.3 Å². The van der Waals surface area contributed by atoms with Crippen LogP contribution in [-0.4, -0.2) is 56.6 Å². The van der Waals surface area contributed by atoms with Gasteiger partial charge in [-0.15, -0.1) is 0 Å². The molecule has 0 radical (unpaired) electrons. The number of rotatable bonds is 6. The third-order valence-corrected chi connectivity index (χ3v) is 7.03. The average Bonchev–Trinajstić information content (AvgIpc) is 3.43. The monoisotopic (exact) mass is 557 g/mol. The van der Waals surface area contributed by atoms with Crippen LogP contribution in [0.3, 0.4) is 0 Å². The van der Waals surface area contributed by atoms with Crippen LogP contribution in [-0.2, 0) is 11.3 Å². The molecule has 5 rings (SSSR count). The number of likely N-dealkylation sites (tertiary alicyclic amines) is 1.